The van der Waals surface area contributed by atoms with Gasteiger partial charge in [-0.3, -0.25) is 4.98 Å². The third kappa shape index (κ3) is 5.10. The molecule has 0 bridgehead atoms. The molecule has 1 aromatic heterocycles. The van der Waals surface area contributed by atoms with Crippen LogP contribution < -0.4 is 15.4 Å². The van der Waals surface area contributed by atoms with E-state index in [1.807, 2.05) is 18.3 Å². The summed E-state index contributed by atoms with van der Waals surface area (Å²) >= 11 is 0. The van der Waals surface area contributed by atoms with Gasteiger partial charge in [0.05, 0.1) is 18.3 Å². The number of unbranched alkanes of at least 4 members (excludes halogenated alkanes) is 1. The summed E-state index contributed by atoms with van der Waals surface area (Å²) in [6.45, 7) is 9.81. The number of aromatic nitrogens is 1. The number of anilines is 1. The van der Waals surface area contributed by atoms with Crippen molar-refractivity contribution < 1.29 is 4.74 Å². The Hall–Kier alpha value is -1.81. The van der Waals surface area contributed by atoms with Crippen LogP contribution in [0.15, 0.2) is 24.4 Å². The molecule has 0 spiro atoms. The number of methoxy groups -OCH3 is 1. The summed E-state index contributed by atoms with van der Waals surface area (Å²) in [5, 5.41) is 8.24. The van der Waals surface area contributed by atoms with Crippen molar-refractivity contribution in [2.45, 2.75) is 59.0 Å². The second-order valence-electron chi connectivity index (χ2n) is 6.85. The number of aryl methyl sites for hydroxylation is 1. The standard InChI is InChI=1S/C20H31N3O/c1-14(2)21-10-7-6-8-16(4)23-19-13-17(24-5)12-18-15(3)9-11-22-20(18)19/h9,11-14,16,21,23H,6-8,10H2,1-5H3. The predicted molar refractivity (Wildman–Crippen MR) is 103 cm³/mol. The lowest BCUT2D eigenvalue weighted by Gasteiger charge is -2.18. The third-order valence-corrected chi connectivity index (χ3v) is 4.29. The van der Waals surface area contributed by atoms with Gasteiger partial charge in [-0.15, -0.1) is 0 Å². The molecule has 132 valence electrons. The molecule has 0 radical (unpaired) electrons. The van der Waals surface area contributed by atoms with Crippen LogP contribution in [-0.2, 0) is 0 Å². The van der Waals surface area contributed by atoms with Crippen molar-refractivity contribution in [1.82, 2.24) is 10.3 Å². The summed E-state index contributed by atoms with van der Waals surface area (Å²) in [5.74, 6) is 0.870. The van der Waals surface area contributed by atoms with Crippen molar-refractivity contribution in [3.05, 3.63) is 30.0 Å². The van der Waals surface area contributed by atoms with Crippen molar-refractivity contribution >= 4 is 16.6 Å². The fraction of sp³-hybridized carbons (Fsp3) is 0.550. The third-order valence-electron chi connectivity index (χ3n) is 4.29. The summed E-state index contributed by atoms with van der Waals surface area (Å²) in [7, 11) is 1.71. The maximum absolute atomic E-state index is 5.46. The Kier molecular flexibility index (Phi) is 6.85. The van der Waals surface area contributed by atoms with E-state index in [-0.39, 0.29) is 0 Å². The Morgan fingerprint density at radius 3 is 2.67 bits per heavy atom. The molecule has 1 aromatic carbocycles. The number of rotatable bonds is 9. The number of nitrogens with zero attached hydrogens (tertiary/aromatic N) is 1. The predicted octanol–water partition coefficient (Wildman–Crippen LogP) is 4.52. The lowest BCUT2D eigenvalue weighted by Crippen LogP contribution is -2.24. The molecule has 0 saturated heterocycles. The first-order valence-electron chi connectivity index (χ1n) is 8.94. The highest BCUT2D eigenvalue weighted by atomic mass is 16.5. The van der Waals surface area contributed by atoms with Crippen LogP contribution in [0, 0.1) is 6.92 Å². The van der Waals surface area contributed by atoms with E-state index in [0.717, 1.165) is 35.3 Å². The number of nitrogens with one attached hydrogen (secondary N) is 2. The minimum absolute atomic E-state index is 0.404. The van der Waals surface area contributed by atoms with Crippen LogP contribution in [0.4, 0.5) is 5.69 Å². The molecule has 0 aliphatic carbocycles. The Morgan fingerprint density at radius 2 is 1.96 bits per heavy atom. The van der Waals surface area contributed by atoms with Crippen molar-refractivity contribution in [2.75, 3.05) is 19.0 Å². The van der Waals surface area contributed by atoms with Crippen molar-refractivity contribution in [3.8, 4) is 5.75 Å². The average Bonchev–Trinajstić information content (AvgIpc) is 2.54. The summed E-state index contributed by atoms with van der Waals surface area (Å²) in [5.41, 5.74) is 3.29. The van der Waals surface area contributed by atoms with Crippen molar-refractivity contribution in [1.29, 1.82) is 0 Å². The summed E-state index contributed by atoms with van der Waals surface area (Å²) in [4.78, 5) is 4.57. The van der Waals surface area contributed by atoms with Crippen LogP contribution in [0.2, 0.25) is 0 Å². The van der Waals surface area contributed by atoms with Crippen LogP contribution in [0.1, 0.15) is 45.6 Å². The largest absolute Gasteiger partial charge is 0.497 e. The lowest BCUT2D eigenvalue weighted by molar-refractivity contribution is 0.415. The fourth-order valence-corrected chi connectivity index (χ4v) is 2.89. The highest BCUT2D eigenvalue weighted by molar-refractivity contribution is 5.94. The van der Waals surface area contributed by atoms with Crippen LogP contribution >= 0.6 is 0 Å². The molecule has 0 aliphatic heterocycles. The van der Waals surface area contributed by atoms with E-state index in [4.69, 9.17) is 4.74 Å². The normalized spacial score (nSPS) is 12.6. The molecule has 0 amide bonds. The Labute approximate surface area is 146 Å². The number of ether oxygens (including phenoxy) is 1. The van der Waals surface area contributed by atoms with E-state index in [1.54, 1.807) is 7.11 Å². The van der Waals surface area contributed by atoms with Gasteiger partial charge in [-0.1, -0.05) is 20.3 Å². The van der Waals surface area contributed by atoms with E-state index in [0.29, 0.717) is 12.1 Å². The molecule has 4 heteroatoms. The molecule has 0 saturated carbocycles. The van der Waals surface area contributed by atoms with Gasteiger partial charge < -0.3 is 15.4 Å². The SMILES string of the molecule is COc1cc(NC(C)CCCCNC(C)C)c2nccc(C)c2c1. The van der Waals surface area contributed by atoms with Gasteiger partial charge in [-0.25, -0.2) is 0 Å². The van der Waals surface area contributed by atoms with Crippen LogP contribution in [0.3, 0.4) is 0 Å². The van der Waals surface area contributed by atoms with Gasteiger partial charge in [0.15, 0.2) is 0 Å². The second kappa shape index (κ2) is 8.88. The zero-order chi connectivity index (χ0) is 17.5. The monoisotopic (exact) mass is 329 g/mol. The molecule has 0 aliphatic rings. The molecule has 0 fully saturated rings. The van der Waals surface area contributed by atoms with E-state index >= 15 is 0 Å². The van der Waals surface area contributed by atoms with E-state index in [2.05, 4.69) is 49.4 Å². The van der Waals surface area contributed by atoms with Crippen LogP contribution in [0.25, 0.3) is 10.9 Å². The molecule has 2 rings (SSSR count). The Balaban J connectivity index is 2.02. The zero-order valence-corrected chi connectivity index (χ0v) is 15.6. The molecule has 1 heterocycles. The van der Waals surface area contributed by atoms with Gasteiger partial charge in [-0.05, 0) is 50.9 Å². The molecule has 2 aromatic rings. The van der Waals surface area contributed by atoms with Crippen LogP contribution in [0.5, 0.6) is 5.75 Å². The minimum Gasteiger partial charge on any atom is -0.497 e. The first-order valence-corrected chi connectivity index (χ1v) is 8.94. The number of pyridine rings is 1. The maximum atomic E-state index is 5.46. The first-order chi connectivity index (χ1) is 11.5. The van der Waals surface area contributed by atoms with Gasteiger partial charge in [-0.2, -0.15) is 0 Å². The lowest BCUT2D eigenvalue weighted by atomic mass is 10.1. The minimum atomic E-state index is 0.404. The van der Waals surface area contributed by atoms with Crippen LogP contribution in [-0.4, -0.2) is 30.7 Å². The maximum Gasteiger partial charge on any atom is 0.121 e. The van der Waals surface area contributed by atoms with Gasteiger partial charge in [0.2, 0.25) is 0 Å². The number of fused-ring (bicyclic) bond motifs is 1. The first kappa shape index (κ1) is 18.5. The van der Waals surface area contributed by atoms with E-state index in [1.165, 1.54) is 18.4 Å². The zero-order valence-electron chi connectivity index (χ0n) is 15.6. The Bertz CT molecular complexity index is 655. The summed E-state index contributed by atoms with van der Waals surface area (Å²) in [6, 6.07) is 7.12. The van der Waals surface area contributed by atoms with E-state index < -0.39 is 0 Å². The summed E-state index contributed by atoms with van der Waals surface area (Å²) < 4.78 is 5.46. The quantitative estimate of drug-likeness (QED) is 0.664. The van der Waals surface area contributed by atoms with Gasteiger partial charge in [0, 0.05) is 29.7 Å². The second-order valence-corrected chi connectivity index (χ2v) is 6.85. The average molecular weight is 329 g/mol. The van der Waals surface area contributed by atoms with Gasteiger partial charge >= 0.3 is 0 Å². The molecular formula is C20H31N3O. The molecule has 2 N–H and O–H groups in total. The smallest absolute Gasteiger partial charge is 0.121 e. The van der Waals surface area contributed by atoms with Gasteiger partial charge in [0.1, 0.15) is 5.75 Å². The highest BCUT2D eigenvalue weighted by Crippen LogP contribution is 2.30. The molecular weight excluding hydrogens is 298 g/mol. The topological polar surface area (TPSA) is 46.2 Å². The van der Waals surface area contributed by atoms with Crippen molar-refractivity contribution in [2.24, 2.45) is 0 Å². The summed E-state index contributed by atoms with van der Waals surface area (Å²) in [6.07, 6.45) is 5.44. The van der Waals surface area contributed by atoms with Gasteiger partial charge in [0.25, 0.3) is 0 Å². The fourth-order valence-electron chi connectivity index (χ4n) is 2.89. The van der Waals surface area contributed by atoms with E-state index in [9.17, 15) is 0 Å². The van der Waals surface area contributed by atoms with Crippen molar-refractivity contribution in [3.63, 3.8) is 0 Å². The molecule has 1 atom stereocenters. The number of hydrogen-bond acceptors (Lipinski definition) is 4. The number of hydrogen-bond donors (Lipinski definition) is 2. The molecule has 1 unspecified atom stereocenters. The highest BCUT2D eigenvalue weighted by Gasteiger charge is 2.10. The number of benzene rings is 1. The molecule has 4 nitrogen and oxygen atoms in total. The Morgan fingerprint density at radius 1 is 1.17 bits per heavy atom. The molecule has 24 heavy (non-hydrogen) atoms.